The average Bonchev–Trinajstić information content (AvgIpc) is 2.72. The molecular weight excluding hydrogens is 493 g/mol. The van der Waals surface area contributed by atoms with E-state index in [1.165, 1.54) is 33.4 Å². The van der Waals surface area contributed by atoms with Crippen molar-refractivity contribution in [2.75, 3.05) is 0 Å². The smallest absolute Gasteiger partial charge is 0.240 e. The number of benzene rings is 2. The third-order valence-corrected chi connectivity index (χ3v) is 8.34. The van der Waals surface area contributed by atoms with Crippen molar-refractivity contribution in [3.63, 3.8) is 0 Å². The molecule has 0 radical (unpaired) electrons. The largest absolute Gasteiger partial charge is 0.326 e. The van der Waals surface area contributed by atoms with Crippen molar-refractivity contribution in [3.8, 4) is 0 Å². The Morgan fingerprint density at radius 3 is 1.52 bits per heavy atom. The average molecular weight is 532 g/mol. The van der Waals surface area contributed by atoms with Crippen molar-refractivity contribution in [2.45, 2.75) is 91.1 Å². The van der Waals surface area contributed by atoms with Crippen LogP contribution in [0.1, 0.15) is 64.6 Å². The molecule has 2 aromatic carbocycles. The van der Waals surface area contributed by atoms with Gasteiger partial charge in [-0.3, -0.25) is 0 Å². The fourth-order valence-electron chi connectivity index (χ4n) is 3.98. The predicted octanol–water partition coefficient (Wildman–Crippen LogP) is 5.08. The minimum absolute atomic E-state index is 0. The second-order valence-electron chi connectivity index (χ2n) is 8.74. The second-order valence-corrected chi connectivity index (χ2v) is 10.5. The molecule has 0 heterocycles. The van der Waals surface area contributed by atoms with Crippen molar-refractivity contribution < 1.29 is 27.9 Å². The zero-order valence-electron chi connectivity index (χ0n) is 19.9. The van der Waals surface area contributed by atoms with Gasteiger partial charge in [0.2, 0.25) is 10.0 Å². The predicted molar refractivity (Wildman–Crippen MR) is 127 cm³/mol. The third kappa shape index (κ3) is 6.96. The Labute approximate surface area is 202 Å². The van der Waals surface area contributed by atoms with Gasteiger partial charge in [0.05, 0.1) is 4.90 Å². The first kappa shape index (κ1) is 28.0. The molecule has 0 saturated heterocycles. The molecule has 3 rings (SSSR count). The van der Waals surface area contributed by atoms with Crippen LogP contribution in [0.5, 0.6) is 0 Å². The van der Waals surface area contributed by atoms with Crippen molar-refractivity contribution >= 4 is 10.0 Å². The summed E-state index contributed by atoms with van der Waals surface area (Å²) in [5, 5.41) is 0. The molecule has 31 heavy (non-hydrogen) atoms. The van der Waals surface area contributed by atoms with Crippen LogP contribution >= 0.6 is 0 Å². The molecule has 0 bridgehead atoms. The van der Waals surface area contributed by atoms with Crippen LogP contribution < -0.4 is 10.5 Å². The molecule has 4 nitrogen and oxygen atoms in total. The van der Waals surface area contributed by atoms with Crippen LogP contribution in [0, 0.1) is 48.5 Å². The van der Waals surface area contributed by atoms with Gasteiger partial charge in [0.1, 0.15) is 0 Å². The number of nitrogens with two attached hydrogens (primary N) is 1. The molecule has 1 aliphatic carbocycles. The van der Waals surface area contributed by atoms with Gasteiger partial charge in [-0.25, -0.2) is 13.1 Å². The summed E-state index contributed by atoms with van der Waals surface area (Å²) in [6.45, 7) is 15.2. The van der Waals surface area contributed by atoms with Crippen LogP contribution in [-0.2, 0) is 29.5 Å². The van der Waals surface area contributed by atoms with Crippen molar-refractivity contribution in [1.82, 2.24) is 4.72 Å². The van der Waals surface area contributed by atoms with Gasteiger partial charge in [0.15, 0.2) is 0 Å². The number of nitrogens with one attached hydrogen (secondary N) is 1. The molecule has 1 fully saturated rings. The van der Waals surface area contributed by atoms with Crippen LogP contribution in [0.2, 0.25) is 0 Å². The third-order valence-electron chi connectivity index (χ3n) is 6.83. The van der Waals surface area contributed by atoms with E-state index in [0.717, 1.165) is 31.2 Å². The first-order valence-corrected chi connectivity index (χ1v) is 12.3. The summed E-state index contributed by atoms with van der Waals surface area (Å²) in [7, 11) is -3.44. The molecule has 0 spiro atoms. The minimum atomic E-state index is -3.44. The first-order valence-electron chi connectivity index (χ1n) is 10.8. The molecule has 2 atom stereocenters. The first-order chi connectivity index (χ1) is 14.0. The zero-order valence-corrected chi connectivity index (χ0v) is 22.5. The maximum absolute atomic E-state index is 12.2. The van der Waals surface area contributed by atoms with E-state index >= 15 is 0 Å². The fourth-order valence-corrected chi connectivity index (χ4v) is 5.30. The van der Waals surface area contributed by atoms with E-state index in [1.54, 1.807) is 24.3 Å². The number of rotatable bonds is 3. The number of hydrogen-bond donors (Lipinski definition) is 2. The van der Waals surface area contributed by atoms with Gasteiger partial charge in [-0.15, -0.1) is 0 Å². The summed E-state index contributed by atoms with van der Waals surface area (Å²) < 4.78 is 27.1. The van der Waals surface area contributed by atoms with Gasteiger partial charge in [-0.05, 0) is 107 Å². The Morgan fingerprint density at radius 1 is 0.742 bits per heavy atom. The summed E-state index contributed by atoms with van der Waals surface area (Å²) in [6, 6.07) is 6.66. The van der Waals surface area contributed by atoms with Gasteiger partial charge >= 0.3 is 0 Å². The number of sulfonamides is 1. The Kier molecular flexibility index (Phi) is 10.6. The van der Waals surface area contributed by atoms with E-state index < -0.39 is 10.0 Å². The maximum atomic E-state index is 12.2. The monoisotopic (exact) mass is 532 g/mol. The molecule has 0 aliphatic heterocycles. The second kappa shape index (κ2) is 11.7. The molecule has 2 aromatic rings. The van der Waals surface area contributed by atoms with Gasteiger partial charge in [0.25, 0.3) is 0 Å². The van der Waals surface area contributed by atoms with Crippen molar-refractivity contribution in [1.29, 1.82) is 0 Å². The zero-order chi connectivity index (χ0) is 22.6. The quantitative estimate of drug-likeness (QED) is 0.543. The SMILES string of the molecule is Cc1c(C)c(C)c(C)c(C)c1C.Cc1ccc(S(=O)(=O)N[C@H]2CCCC[C@@H]2N)cc1.[Ru]. The number of aryl methyl sites for hydroxylation is 1. The Balaban J connectivity index is 0.000000324. The van der Waals surface area contributed by atoms with Crippen LogP contribution in [-0.4, -0.2) is 20.5 Å². The van der Waals surface area contributed by atoms with E-state index in [9.17, 15) is 8.42 Å². The normalized spacial score (nSPS) is 18.6. The van der Waals surface area contributed by atoms with Gasteiger partial charge < -0.3 is 5.73 Å². The molecule has 0 aromatic heterocycles. The Morgan fingerprint density at radius 2 is 1.13 bits per heavy atom. The molecular formula is C25H38N2O2RuS. The summed E-state index contributed by atoms with van der Waals surface area (Å²) in [4.78, 5) is 0.311. The van der Waals surface area contributed by atoms with Crippen molar-refractivity contribution in [3.05, 3.63) is 63.2 Å². The van der Waals surface area contributed by atoms with Crippen LogP contribution in [0.3, 0.4) is 0 Å². The maximum Gasteiger partial charge on any atom is 0.240 e. The summed E-state index contributed by atoms with van der Waals surface area (Å²) in [6.07, 6.45) is 3.84. The standard InChI is InChI=1S/C13H20N2O2S.C12H18.Ru/c1-10-6-8-11(9-7-10)18(16,17)15-13-5-3-2-4-12(13)14;1-7-8(2)10(4)12(6)11(5)9(7)3;/h6-9,12-13,15H,2-5,14H2,1H3;1-6H3;/t12-,13-;;/m0../s1. The van der Waals surface area contributed by atoms with E-state index in [-0.39, 0.29) is 31.6 Å². The van der Waals surface area contributed by atoms with E-state index in [2.05, 4.69) is 46.3 Å². The summed E-state index contributed by atoms with van der Waals surface area (Å²) in [5.74, 6) is 0. The van der Waals surface area contributed by atoms with Crippen LogP contribution in [0.4, 0.5) is 0 Å². The Bertz CT molecular complexity index is 881. The molecule has 6 heteroatoms. The fraction of sp³-hybridized carbons (Fsp3) is 0.520. The molecule has 1 aliphatic rings. The van der Waals surface area contributed by atoms with Gasteiger partial charge in [-0.2, -0.15) is 0 Å². The molecule has 0 unspecified atom stereocenters. The molecule has 0 amide bonds. The number of hydrogen-bond acceptors (Lipinski definition) is 3. The van der Waals surface area contributed by atoms with E-state index in [0.29, 0.717) is 4.90 Å². The molecule has 1 saturated carbocycles. The molecule has 174 valence electrons. The molecule has 3 N–H and O–H groups in total. The Hall–Kier alpha value is -1.07. The van der Waals surface area contributed by atoms with Crippen molar-refractivity contribution in [2.24, 2.45) is 5.73 Å². The topological polar surface area (TPSA) is 72.2 Å². The minimum Gasteiger partial charge on any atom is -0.326 e. The van der Waals surface area contributed by atoms with Crippen LogP contribution in [0.25, 0.3) is 0 Å². The summed E-state index contributed by atoms with van der Waals surface area (Å²) >= 11 is 0. The van der Waals surface area contributed by atoms with E-state index in [1.807, 2.05) is 6.92 Å². The van der Waals surface area contributed by atoms with E-state index in [4.69, 9.17) is 5.73 Å². The summed E-state index contributed by atoms with van der Waals surface area (Å²) in [5.41, 5.74) is 15.7. The van der Waals surface area contributed by atoms with Crippen LogP contribution in [0.15, 0.2) is 29.2 Å². The van der Waals surface area contributed by atoms with Gasteiger partial charge in [0, 0.05) is 31.6 Å². The van der Waals surface area contributed by atoms with Gasteiger partial charge in [-0.1, -0.05) is 30.5 Å².